The Morgan fingerprint density at radius 2 is 2.08 bits per heavy atom. The first-order valence-corrected chi connectivity index (χ1v) is 8.84. The summed E-state index contributed by atoms with van der Waals surface area (Å²) < 4.78 is 5.14. The molecule has 1 aromatic heterocycles. The van der Waals surface area contributed by atoms with Crippen LogP contribution < -0.4 is 5.73 Å². The molecule has 0 atom stereocenters. The number of hydrogen-bond donors (Lipinski definition) is 1. The fourth-order valence-corrected chi connectivity index (χ4v) is 4.18. The van der Waals surface area contributed by atoms with Gasteiger partial charge in [-0.3, -0.25) is 4.90 Å². The molecule has 0 bridgehead atoms. The van der Waals surface area contributed by atoms with Gasteiger partial charge in [0.1, 0.15) is 5.00 Å². The number of nitrogens with zero attached hydrogens (tertiary/aromatic N) is 1. The van der Waals surface area contributed by atoms with Gasteiger partial charge in [0.25, 0.3) is 0 Å². The Morgan fingerprint density at radius 3 is 2.79 bits per heavy atom. The molecule has 0 radical (unpaired) electrons. The molecular weight excluding hydrogens is 344 g/mol. The molecule has 2 N–H and O–H groups in total. The monoisotopic (exact) mass is 366 g/mol. The van der Waals surface area contributed by atoms with Crippen molar-refractivity contribution in [1.82, 2.24) is 4.90 Å². The van der Waals surface area contributed by atoms with Crippen LogP contribution in [-0.4, -0.2) is 30.6 Å². The van der Waals surface area contributed by atoms with Crippen molar-refractivity contribution in [1.29, 1.82) is 0 Å². The minimum atomic E-state index is -0.278. The average molecular weight is 367 g/mol. The van der Waals surface area contributed by atoms with E-state index >= 15 is 0 Å². The van der Waals surface area contributed by atoms with Crippen LogP contribution in [0, 0.1) is 0 Å². The lowest BCUT2D eigenvalue weighted by Crippen LogP contribution is -2.32. The normalized spacial score (nSPS) is 13.9. The number of anilines is 1. The van der Waals surface area contributed by atoms with Crippen LogP contribution in [0.15, 0.2) is 30.3 Å². The van der Waals surface area contributed by atoms with Crippen LogP contribution in [0.5, 0.6) is 0 Å². The highest BCUT2D eigenvalue weighted by atomic mass is 35.5. The summed E-state index contributed by atoms with van der Waals surface area (Å²) in [4.78, 5) is 15.7. The molecule has 0 saturated carbocycles. The molecule has 0 unspecified atom stereocenters. The number of nitrogens with two attached hydrogens (primary N) is 1. The Balaban J connectivity index is 0.00000208. The van der Waals surface area contributed by atoms with E-state index in [4.69, 9.17) is 10.5 Å². The van der Waals surface area contributed by atoms with Crippen LogP contribution in [0.2, 0.25) is 0 Å². The second kappa shape index (κ2) is 8.51. The van der Waals surface area contributed by atoms with Gasteiger partial charge in [0.05, 0.1) is 12.2 Å². The van der Waals surface area contributed by atoms with E-state index in [-0.39, 0.29) is 18.4 Å². The molecule has 1 aromatic carbocycles. The van der Waals surface area contributed by atoms with Gasteiger partial charge in [-0.05, 0) is 30.9 Å². The van der Waals surface area contributed by atoms with Crippen molar-refractivity contribution in [3.63, 3.8) is 0 Å². The third kappa shape index (κ3) is 4.09. The van der Waals surface area contributed by atoms with E-state index in [1.165, 1.54) is 21.8 Å². The zero-order valence-electron chi connectivity index (χ0n) is 13.8. The molecule has 0 spiro atoms. The average Bonchev–Trinajstić information content (AvgIpc) is 2.89. The second-order valence-electron chi connectivity index (χ2n) is 5.73. The van der Waals surface area contributed by atoms with Gasteiger partial charge < -0.3 is 10.5 Å². The minimum Gasteiger partial charge on any atom is -0.462 e. The highest BCUT2D eigenvalue weighted by Gasteiger charge is 2.27. The number of esters is 1. The maximum atomic E-state index is 12.1. The fourth-order valence-electron chi connectivity index (χ4n) is 3.03. The van der Waals surface area contributed by atoms with Crippen LogP contribution in [0.25, 0.3) is 0 Å². The summed E-state index contributed by atoms with van der Waals surface area (Å²) >= 11 is 1.53. The predicted octanol–water partition coefficient (Wildman–Crippen LogP) is 3.53. The van der Waals surface area contributed by atoms with Gasteiger partial charge in [0.2, 0.25) is 0 Å². The maximum absolute atomic E-state index is 12.1. The van der Waals surface area contributed by atoms with Crippen molar-refractivity contribution in [3.05, 3.63) is 51.9 Å². The molecule has 1 aliphatic heterocycles. The van der Waals surface area contributed by atoms with Gasteiger partial charge in [-0.1, -0.05) is 30.3 Å². The Hall–Kier alpha value is -1.56. The molecule has 24 heavy (non-hydrogen) atoms. The van der Waals surface area contributed by atoms with Crippen LogP contribution in [0.4, 0.5) is 5.00 Å². The third-order valence-electron chi connectivity index (χ3n) is 4.20. The molecule has 2 heterocycles. The highest BCUT2D eigenvalue weighted by Crippen LogP contribution is 2.35. The summed E-state index contributed by atoms with van der Waals surface area (Å²) in [7, 11) is 0. The van der Waals surface area contributed by atoms with E-state index in [0.29, 0.717) is 17.2 Å². The molecule has 1 aliphatic rings. The van der Waals surface area contributed by atoms with E-state index in [2.05, 4.69) is 29.2 Å². The topological polar surface area (TPSA) is 55.6 Å². The van der Waals surface area contributed by atoms with Crippen molar-refractivity contribution in [2.24, 2.45) is 0 Å². The van der Waals surface area contributed by atoms with Crippen molar-refractivity contribution in [3.8, 4) is 0 Å². The molecule has 0 aliphatic carbocycles. The smallest absolute Gasteiger partial charge is 0.341 e. The molecule has 6 heteroatoms. The first-order valence-electron chi connectivity index (χ1n) is 8.02. The largest absolute Gasteiger partial charge is 0.462 e. The summed E-state index contributed by atoms with van der Waals surface area (Å²) in [6.45, 7) is 5.05. The van der Waals surface area contributed by atoms with Gasteiger partial charge in [-0.25, -0.2) is 4.79 Å². The van der Waals surface area contributed by atoms with Gasteiger partial charge in [0, 0.05) is 24.5 Å². The van der Waals surface area contributed by atoms with Crippen molar-refractivity contribution >= 4 is 34.7 Å². The summed E-state index contributed by atoms with van der Waals surface area (Å²) in [5.74, 6) is -0.278. The Morgan fingerprint density at radius 1 is 1.33 bits per heavy atom. The Labute approximate surface area is 153 Å². The first-order chi connectivity index (χ1) is 11.2. The number of halogens is 1. The first kappa shape index (κ1) is 18.8. The zero-order chi connectivity index (χ0) is 16.2. The number of ether oxygens (including phenoxy) is 1. The van der Waals surface area contributed by atoms with Gasteiger partial charge in [0.15, 0.2) is 0 Å². The molecule has 3 rings (SSSR count). The van der Waals surface area contributed by atoms with Gasteiger partial charge in [-0.15, -0.1) is 23.7 Å². The fraction of sp³-hybridized carbons (Fsp3) is 0.389. The van der Waals surface area contributed by atoms with Crippen LogP contribution in [0.1, 0.15) is 33.3 Å². The quantitative estimate of drug-likeness (QED) is 0.822. The number of carbonyl (C=O) groups is 1. The highest BCUT2D eigenvalue weighted by molar-refractivity contribution is 7.16. The SMILES string of the molecule is CCOC(=O)c1c(N)sc2c1CCN(CCc1ccccc1)C2.Cl. The number of fused-ring (bicyclic) bond motifs is 1. The maximum Gasteiger partial charge on any atom is 0.341 e. The lowest BCUT2D eigenvalue weighted by molar-refractivity contribution is 0.0526. The van der Waals surface area contributed by atoms with Crippen molar-refractivity contribution < 1.29 is 9.53 Å². The molecule has 2 aromatic rings. The number of rotatable bonds is 5. The van der Waals surface area contributed by atoms with Gasteiger partial charge >= 0.3 is 5.97 Å². The molecule has 4 nitrogen and oxygen atoms in total. The summed E-state index contributed by atoms with van der Waals surface area (Å²) in [5, 5.41) is 0.596. The van der Waals surface area contributed by atoms with Crippen LogP contribution in [-0.2, 0) is 24.1 Å². The van der Waals surface area contributed by atoms with Crippen molar-refractivity contribution in [2.75, 3.05) is 25.4 Å². The Bertz CT molecular complexity index is 688. The van der Waals surface area contributed by atoms with Crippen molar-refractivity contribution in [2.45, 2.75) is 26.3 Å². The molecular formula is C18H23ClN2O2S. The zero-order valence-corrected chi connectivity index (χ0v) is 15.4. The lowest BCUT2D eigenvalue weighted by Gasteiger charge is -2.27. The van der Waals surface area contributed by atoms with E-state index in [1.54, 1.807) is 0 Å². The molecule has 0 saturated heterocycles. The number of carbonyl (C=O) groups excluding carboxylic acids is 1. The molecule has 0 amide bonds. The number of thiophene rings is 1. The summed E-state index contributed by atoms with van der Waals surface area (Å²) in [5.41, 5.74) is 9.12. The molecule has 130 valence electrons. The predicted molar refractivity (Wildman–Crippen MR) is 101 cm³/mol. The van der Waals surface area contributed by atoms with E-state index in [9.17, 15) is 4.79 Å². The van der Waals surface area contributed by atoms with Crippen LogP contribution in [0.3, 0.4) is 0 Å². The summed E-state index contributed by atoms with van der Waals surface area (Å²) in [6.07, 6.45) is 1.91. The second-order valence-corrected chi connectivity index (χ2v) is 6.86. The standard InChI is InChI=1S/C18H22N2O2S.ClH/c1-2-22-18(21)16-14-9-11-20(12-15(14)23-17(16)19)10-8-13-6-4-3-5-7-13;/h3-7H,2,8-12,19H2,1H3;1H. The number of nitrogen functional groups attached to an aromatic ring is 1. The third-order valence-corrected chi connectivity index (χ3v) is 5.25. The lowest BCUT2D eigenvalue weighted by atomic mass is 10.0. The molecule has 0 fully saturated rings. The van der Waals surface area contributed by atoms with E-state index in [1.807, 2.05) is 13.0 Å². The van der Waals surface area contributed by atoms with Gasteiger partial charge in [-0.2, -0.15) is 0 Å². The number of benzene rings is 1. The number of hydrogen-bond acceptors (Lipinski definition) is 5. The summed E-state index contributed by atoms with van der Waals surface area (Å²) in [6, 6.07) is 10.5. The minimum absolute atomic E-state index is 0. The van der Waals surface area contributed by atoms with E-state index < -0.39 is 0 Å². The Kier molecular flexibility index (Phi) is 6.66. The van der Waals surface area contributed by atoms with E-state index in [0.717, 1.165) is 38.0 Å². The van der Waals surface area contributed by atoms with Crippen LogP contribution >= 0.6 is 23.7 Å².